The molecule has 1 unspecified atom stereocenters. The predicted molar refractivity (Wildman–Crippen MR) is 108 cm³/mol. The summed E-state index contributed by atoms with van der Waals surface area (Å²) in [6.07, 6.45) is 0.693. The lowest BCUT2D eigenvalue weighted by Gasteiger charge is -2.38. The smallest absolute Gasteiger partial charge is 0.252 e. The quantitative estimate of drug-likeness (QED) is 0.777. The number of thioether (sulfide) groups is 1. The van der Waals surface area contributed by atoms with E-state index in [2.05, 4.69) is 5.32 Å². The van der Waals surface area contributed by atoms with Crippen molar-refractivity contribution in [2.75, 3.05) is 25.1 Å². The molecule has 1 aliphatic heterocycles. The number of rotatable bonds is 6. The van der Waals surface area contributed by atoms with Crippen molar-refractivity contribution >= 4 is 29.3 Å². The molecule has 142 valence electrons. The van der Waals surface area contributed by atoms with Gasteiger partial charge in [0, 0.05) is 18.0 Å². The van der Waals surface area contributed by atoms with E-state index in [0.717, 1.165) is 21.9 Å². The number of amides is 2. The fourth-order valence-electron chi connectivity index (χ4n) is 3.14. The third-order valence-corrected chi connectivity index (χ3v) is 6.06. The lowest BCUT2D eigenvalue weighted by atomic mass is 10.1. The highest BCUT2D eigenvalue weighted by Crippen LogP contribution is 2.45. The van der Waals surface area contributed by atoms with Crippen LogP contribution in [-0.2, 0) is 16.0 Å². The first-order valence-electron chi connectivity index (χ1n) is 9.01. The number of nitrogens with zero attached hydrogens (tertiary/aromatic N) is 1. The van der Waals surface area contributed by atoms with Crippen molar-refractivity contribution in [1.29, 1.82) is 0 Å². The van der Waals surface area contributed by atoms with Crippen LogP contribution in [0, 0.1) is 0 Å². The Labute approximate surface area is 164 Å². The molecule has 0 saturated heterocycles. The zero-order valence-electron chi connectivity index (χ0n) is 15.8. The van der Waals surface area contributed by atoms with E-state index in [-0.39, 0.29) is 11.8 Å². The van der Waals surface area contributed by atoms with Gasteiger partial charge >= 0.3 is 0 Å². The van der Waals surface area contributed by atoms with Crippen LogP contribution in [0.2, 0.25) is 0 Å². The van der Waals surface area contributed by atoms with Gasteiger partial charge in [-0.25, -0.2) is 0 Å². The second-order valence-electron chi connectivity index (χ2n) is 6.51. The molecule has 1 atom stereocenters. The second kappa shape index (κ2) is 8.05. The van der Waals surface area contributed by atoms with E-state index in [0.29, 0.717) is 19.5 Å². The number of hydrogen-bond acceptors (Lipinski definition) is 4. The van der Waals surface area contributed by atoms with Gasteiger partial charge in [-0.05, 0) is 50.1 Å². The summed E-state index contributed by atoms with van der Waals surface area (Å²) in [5.74, 6) is 0.382. The van der Waals surface area contributed by atoms with Crippen LogP contribution >= 0.6 is 11.8 Å². The third-order valence-electron chi connectivity index (χ3n) is 4.73. The van der Waals surface area contributed by atoms with Crippen LogP contribution in [-0.4, -0.2) is 36.8 Å². The molecule has 0 aliphatic carbocycles. The van der Waals surface area contributed by atoms with Gasteiger partial charge in [-0.2, -0.15) is 0 Å². The highest BCUT2D eigenvalue weighted by molar-refractivity contribution is 8.02. The number of ether oxygens (including phenoxy) is 1. The van der Waals surface area contributed by atoms with E-state index in [4.69, 9.17) is 4.74 Å². The number of para-hydroxylation sites is 1. The number of carbonyl (C=O) groups excluding carboxylic acids is 2. The highest BCUT2D eigenvalue weighted by atomic mass is 32.2. The van der Waals surface area contributed by atoms with Gasteiger partial charge in [0.2, 0.25) is 5.91 Å². The monoisotopic (exact) mass is 384 g/mol. The molecule has 0 radical (unpaired) electrons. The van der Waals surface area contributed by atoms with Crippen molar-refractivity contribution in [3.63, 3.8) is 0 Å². The van der Waals surface area contributed by atoms with Crippen LogP contribution in [0.4, 0.5) is 5.69 Å². The number of methoxy groups -OCH3 is 1. The number of anilines is 1. The molecule has 2 amide bonds. The van der Waals surface area contributed by atoms with E-state index in [1.54, 1.807) is 18.9 Å². The van der Waals surface area contributed by atoms with E-state index in [9.17, 15) is 9.59 Å². The minimum absolute atomic E-state index is 0.171. The summed E-state index contributed by atoms with van der Waals surface area (Å²) >= 11 is 1.33. The summed E-state index contributed by atoms with van der Waals surface area (Å²) in [7, 11) is 1.63. The number of benzene rings is 2. The van der Waals surface area contributed by atoms with Crippen LogP contribution in [0.1, 0.15) is 19.4 Å². The zero-order valence-corrected chi connectivity index (χ0v) is 16.6. The van der Waals surface area contributed by atoms with Crippen LogP contribution < -0.4 is 15.0 Å². The molecule has 2 aromatic carbocycles. The van der Waals surface area contributed by atoms with Gasteiger partial charge < -0.3 is 15.0 Å². The number of fused-ring (bicyclic) bond motifs is 1. The maximum absolute atomic E-state index is 13.0. The van der Waals surface area contributed by atoms with Crippen molar-refractivity contribution in [2.24, 2.45) is 0 Å². The Morgan fingerprint density at radius 1 is 1.19 bits per heavy atom. The SMILES string of the molecule is CCN1C(=O)C(C)(C(=O)NCCc2ccc(OC)cc2)Sc2ccccc21. The Hall–Kier alpha value is -2.47. The molecule has 0 fully saturated rings. The second-order valence-corrected chi connectivity index (χ2v) is 7.97. The first kappa shape index (κ1) is 19.3. The standard InChI is InChI=1S/C21H24N2O3S/c1-4-23-17-7-5-6-8-18(17)27-21(2,20(23)25)19(24)22-14-13-15-9-11-16(26-3)12-10-15/h5-12H,4,13-14H2,1-3H3,(H,22,24). The summed E-state index contributed by atoms with van der Waals surface area (Å²) < 4.78 is 3.99. The maximum Gasteiger partial charge on any atom is 0.252 e. The molecule has 27 heavy (non-hydrogen) atoms. The molecule has 0 bridgehead atoms. The molecule has 0 aromatic heterocycles. The number of nitrogens with one attached hydrogen (secondary N) is 1. The maximum atomic E-state index is 13.0. The van der Waals surface area contributed by atoms with Crippen molar-refractivity contribution in [1.82, 2.24) is 5.32 Å². The normalized spacial score (nSPS) is 18.8. The Morgan fingerprint density at radius 2 is 1.89 bits per heavy atom. The fraction of sp³-hybridized carbons (Fsp3) is 0.333. The first-order chi connectivity index (χ1) is 13.0. The molecule has 5 nitrogen and oxygen atoms in total. The van der Waals surface area contributed by atoms with Crippen molar-refractivity contribution in [3.8, 4) is 5.75 Å². The third kappa shape index (κ3) is 3.81. The van der Waals surface area contributed by atoms with Gasteiger partial charge in [0.1, 0.15) is 5.75 Å². The van der Waals surface area contributed by atoms with Gasteiger partial charge in [-0.3, -0.25) is 9.59 Å². The Bertz CT molecular complexity index is 838. The Morgan fingerprint density at radius 3 is 2.56 bits per heavy atom. The lowest BCUT2D eigenvalue weighted by Crippen LogP contribution is -2.56. The number of hydrogen-bond donors (Lipinski definition) is 1. The molecule has 0 saturated carbocycles. The molecule has 1 N–H and O–H groups in total. The van der Waals surface area contributed by atoms with Crippen LogP contribution in [0.25, 0.3) is 0 Å². The minimum Gasteiger partial charge on any atom is -0.497 e. The predicted octanol–water partition coefficient (Wildman–Crippen LogP) is 3.27. The summed E-state index contributed by atoms with van der Waals surface area (Å²) in [6, 6.07) is 15.5. The molecular formula is C21H24N2O3S. The summed E-state index contributed by atoms with van der Waals surface area (Å²) in [6.45, 7) is 4.64. The Balaban J connectivity index is 1.68. The fourth-order valence-corrected chi connectivity index (χ4v) is 4.37. The van der Waals surface area contributed by atoms with Gasteiger partial charge in [-0.1, -0.05) is 36.0 Å². The summed E-state index contributed by atoms with van der Waals surface area (Å²) in [5.41, 5.74) is 1.97. The average molecular weight is 385 g/mol. The summed E-state index contributed by atoms with van der Waals surface area (Å²) in [4.78, 5) is 28.5. The van der Waals surface area contributed by atoms with E-state index in [1.807, 2.05) is 55.5 Å². The topological polar surface area (TPSA) is 58.6 Å². The first-order valence-corrected chi connectivity index (χ1v) is 9.82. The number of carbonyl (C=O) groups is 2. The summed E-state index contributed by atoms with van der Waals surface area (Å²) in [5, 5.41) is 2.94. The van der Waals surface area contributed by atoms with Gasteiger partial charge in [0.25, 0.3) is 5.91 Å². The molecule has 6 heteroatoms. The van der Waals surface area contributed by atoms with Crippen LogP contribution in [0.15, 0.2) is 53.4 Å². The van der Waals surface area contributed by atoms with Gasteiger partial charge in [0.15, 0.2) is 4.75 Å². The molecule has 1 heterocycles. The minimum atomic E-state index is -1.16. The molecule has 3 rings (SSSR count). The largest absolute Gasteiger partial charge is 0.497 e. The lowest BCUT2D eigenvalue weighted by molar-refractivity contribution is -0.131. The van der Waals surface area contributed by atoms with Crippen LogP contribution in [0.5, 0.6) is 5.75 Å². The van der Waals surface area contributed by atoms with Crippen LogP contribution in [0.3, 0.4) is 0 Å². The van der Waals surface area contributed by atoms with E-state index >= 15 is 0 Å². The van der Waals surface area contributed by atoms with E-state index < -0.39 is 4.75 Å². The molecule has 0 spiro atoms. The van der Waals surface area contributed by atoms with Gasteiger partial charge in [-0.15, -0.1) is 0 Å². The van der Waals surface area contributed by atoms with Gasteiger partial charge in [0.05, 0.1) is 12.8 Å². The van der Waals surface area contributed by atoms with Crippen molar-refractivity contribution in [3.05, 3.63) is 54.1 Å². The Kier molecular flexibility index (Phi) is 5.75. The van der Waals surface area contributed by atoms with Crippen molar-refractivity contribution < 1.29 is 14.3 Å². The van der Waals surface area contributed by atoms with Crippen molar-refractivity contribution in [2.45, 2.75) is 29.9 Å². The van der Waals surface area contributed by atoms with E-state index in [1.165, 1.54) is 11.8 Å². The molecule has 2 aromatic rings. The molecular weight excluding hydrogens is 360 g/mol. The zero-order chi connectivity index (χ0) is 19.4. The highest BCUT2D eigenvalue weighted by Gasteiger charge is 2.48. The average Bonchev–Trinajstić information content (AvgIpc) is 2.69. The molecule has 1 aliphatic rings.